The van der Waals surface area contributed by atoms with E-state index < -0.39 is 0 Å². The van der Waals surface area contributed by atoms with E-state index in [0.29, 0.717) is 23.3 Å². The van der Waals surface area contributed by atoms with Crippen LogP contribution in [0.2, 0.25) is 0 Å². The van der Waals surface area contributed by atoms with Crippen molar-refractivity contribution in [1.82, 2.24) is 30.5 Å². The third-order valence-electron chi connectivity index (χ3n) is 4.09. The summed E-state index contributed by atoms with van der Waals surface area (Å²) in [5.41, 5.74) is 5.35. The average molecular weight is 327 g/mol. The molecule has 0 spiro atoms. The fourth-order valence-corrected chi connectivity index (χ4v) is 2.84. The number of carbonyl (C=O) groups excluding carboxylic acids is 1. The first-order chi connectivity index (χ1) is 11.6. The van der Waals surface area contributed by atoms with Crippen LogP contribution in [0.4, 0.5) is 10.5 Å². The van der Waals surface area contributed by atoms with Crippen LogP contribution in [0.3, 0.4) is 0 Å². The van der Waals surface area contributed by atoms with Gasteiger partial charge in [-0.05, 0) is 44.9 Å². The van der Waals surface area contributed by atoms with Crippen molar-refractivity contribution in [3.63, 3.8) is 0 Å². The van der Waals surface area contributed by atoms with E-state index in [0.717, 1.165) is 24.4 Å². The predicted octanol–water partition coefficient (Wildman–Crippen LogP) is 2.16. The molecule has 8 nitrogen and oxygen atoms in total. The molecule has 0 saturated carbocycles. The number of carbonyl (C=O) groups is 1. The van der Waals surface area contributed by atoms with Crippen molar-refractivity contribution < 1.29 is 4.79 Å². The zero-order valence-electron chi connectivity index (χ0n) is 14.1. The van der Waals surface area contributed by atoms with Gasteiger partial charge in [-0.25, -0.2) is 4.79 Å². The molecule has 0 bridgehead atoms. The molecule has 3 N–H and O–H groups in total. The van der Waals surface area contributed by atoms with Gasteiger partial charge in [0.1, 0.15) is 11.0 Å². The Morgan fingerprint density at radius 2 is 2.12 bits per heavy atom. The van der Waals surface area contributed by atoms with Crippen LogP contribution in [0.15, 0.2) is 18.2 Å². The van der Waals surface area contributed by atoms with Crippen LogP contribution in [-0.4, -0.2) is 37.8 Å². The van der Waals surface area contributed by atoms with Gasteiger partial charge in [0.05, 0.1) is 11.4 Å². The number of fused-ring (bicyclic) bond motifs is 1. The molecule has 0 atom stereocenters. The monoisotopic (exact) mass is 327 g/mol. The normalized spacial score (nSPS) is 11.0. The fourth-order valence-electron chi connectivity index (χ4n) is 2.84. The van der Waals surface area contributed by atoms with Crippen LogP contribution in [0, 0.1) is 13.8 Å². The Kier molecular flexibility index (Phi) is 4.45. The summed E-state index contributed by atoms with van der Waals surface area (Å²) in [5, 5.41) is 20.8. The molecule has 0 aliphatic carbocycles. The summed E-state index contributed by atoms with van der Waals surface area (Å²) in [6, 6.07) is 5.19. The quantitative estimate of drug-likeness (QED) is 0.668. The highest BCUT2D eigenvalue weighted by molar-refractivity contribution is 5.98. The Morgan fingerprint density at radius 1 is 1.29 bits per heavy atom. The van der Waals surface area contributed by atoms with Gasteiger partial charge in [-0.2, -0.15) is 20.5 Å². The van der Waals surface area contributed by atoms with Gasteiger partial charge in [-0.3, -0.25) is 4.68 Å². The first-order valence-electron chi connectivity index (χ1n) is 7.97. The number of aromatic amines is 1. The third-order valence-corrected chi connectivity index (χ3v) is 4.09. The second kappa shape index (κ2) is 6.69. The minimum absolute atomic E-state index is 0.260. The number of nitrogens with one attached hydrogen (secondary N) is 3. The van der Waals surface area contributed by atoms with Crippen LogP contribution >= 0.6 is 0 Å². The van der Waals surface area contributed by atoms with Gasteiger partial charge >= 0.3 is 6.03 Å². The van der Waals surface area contributed by atoms with Crippen LogP contribution in [0.5, 0.6) is 0 Å². The second-order valence-electron chi connectivity index (χ2n) is 5.59. The van der Waals surface area contributed by atoms with Gasteiger partial charge in [-0.15, -0.1) is 0 Å². The molecule has 126 valence electrons. The van der Waals surface area contributed by atoms with E-state index in [1.807, 2.05) is 23.7 Å². The van der Waals surface area contributed by atoms with Crippen molar-refractivity contribution in [3.8, 4) is 0 Å². The number of hydrogen-bond donors (Lipinski definition) is 3. The zero-order valence-corrected chi connectivity index (χ0v) is 14.1. The molecule has 24 heavy (non-hydrogen) atoms. The number of amides is 2. The molecule has 2 heterocycles. The van der Waals surface area contributed by atoms with Crippen LogP contribution in [0.25, 0.3) is 11.0 Å². The number of H-pyrrole nitrogens is 1. The van der Waals surface area contributed by atoms with Gasteiger partial charge < -0.3 is 10.6 Å². The average Bonchev–Trinajstić information content (AvgIpc) is 3.14. The Morgan fingerprint density at radius 3 is 2.88 bits per heavy atom. The molecule has 2 aromatic heterocycles. The van der Waals surface area contributed by atoms with E-state index in [-0.39, 0.29) is 6.03 Å². The lowest BCUT2D eigenvalue weighted by atomic mass is 10.1. The fraction of sp³-hybridized carbons (Fsp3) is 0.375. The molecule has 0 unspecified atom stereocenters. The van der Waals surface area contributed by atoms with E-state index in [4.69, 9.17) is 0 Å². The number of anilines is 1. The highest BCUT2D eigenvalue weighted by Crippen LogP contribution is 2.18. The Bertz CT molecular complexity index is 865. The zero-order chi connectivity index (χ0) is 17.1. The van der Waals surface area contributed by atoms with Crippen LogP contribution in [0.1, 0.15) is 23.9 Å². The lowest BCUT2D eigenvalue weighted by Crippen LogP contribution is -2.30. The maximum atomic E-state index is 12.1. The number of para-hydroxylation sites is 1. The molecule has 8 heteroatoms. The molecule has 0 fully saturated rings. The summed E-state index contributed by atoms with van der Waals surface area (Å²) < 4.78 is 1.98. The standard InChI is InChI=1S/C16H21N7O/c1-4-23-11(3)12(10(2)21-23)8-9-17-16(24)18-13-6-5-7-14-15(13)20-22-19-14/h5-7H,4,8-9H2,1-3H3,(H2,17,18,24)(H,19,20,22). The van der Waals surface area contributed by atoms with E-state index in [2.05, 4.69) is 45.0 Å². The molecule has 1 aromatic carbocycles. The van der Waals surface area contributed by atoms with E-state index >= 15 is 0 Å². The molecule has 3 rings (SSSR count). The molecular formula is C16H21N7O. The summed E-state index contributed by atoms with van der Waals surface area (Å²) >= 11 is 0. The highest BCUT2D eigenvalue weighted by atomic mass is 16.2. The predicted molar refractivity (Wildman–Crippen MR) is 92.0 cm³/mol. The summed E-state index contributed by atoms with van der Waals surface area (Å²) in [4.78, 5) is 12.1. The van der Waals surface area contributed by atoms with E-state index in [1.165, 1.54) is 5.56 Å². The summed E-state index contributed by atoms with van der Waals surface area (Å²) in [6.45, 7) is 7.52. The second-order valence-corrected chi connectivity index (χ2v) is 5.59. The van der Waals surface area contributed by atoms with Crippen LogP contribution in [-0.2, 0) is 13.0 Å². The smallest absolute Gasteiger partial charge is 0.319 e. The lowest BCUT2D eigenvalue weighted by Gasteiger charge is -2.08. The van der Waals surface area contributed by atoms with Crippen molar-refractivity contribution in [2.24, 2.45) is 0 Å². The number of benzene rings is 1. The molecular weight excluding hydrogens is 306 g/mol. The third kappa shape index (κ3) is 3.08. The number of rotatable bonds is 5. The number of aryl methyl sites for hydroxylation is 2. The van der Waals surface area contributed by atoms with Crippen molar-refractivity contribution in [1.29, 1.82) is 0 Å². The SMILES string of the molecule is CCn1nc(C)c(CCNC(=O)Nc2cccc3n[nH]nc23)c1C. The van der Waals surface area contributed by atoms with Gasteiger partial charge in [0.25, 0.3) is 0 Å². The van der Waals surface area contributed by atoms with Crippen LogP contribution < -0.4 is 10.6 Å². The van der Waals surface area contributed by atoms with Crippen molar-refractivity contribution in [2.45, 2.75) is 33.7 Å². The first kappa shape index (κ1) is 16.0. The molecule has 0 radical (unpaired) electrons. The lowest BCUT2D eigenvalue weighted by molar-refractivity contribution is 0.252. The highest BCUT2D eigenvalue weighted by Gasteiger charge is 2.11. The molecule has 0 aliphatic rings. The number of aromatic nitrogens is 5. The Balaban J connectivity index is 1.58. The summed E-state index contributed by atoms with van der Waals surface area (Å²) in [7, 11) is 0. The summed E-state index contributed by atoms with van der Waals surface area (Å²) in [5.74, 6) is 0. The molecule has 0 saturated heterocycles. The van der Waals surface area contributed by atoms with E-state index in [9.17, 15) is 4.79 Å². The Hall–Kier alpha value is -2.90. The van der Waals surface area contributed by atoms with Gasteiger partial charge in [-0.1, -0.05) is 6.07 Å². The minimum Gasteiger partial charge on any atom is -0.338 e. The maximum absolute atomic E-state index is 12.1. The van der Waals surface area contributed by atoms with Gasteiger partial charge in [0.15, 0.2) is 0 Å². The number of hydrogen-bond acceptors (Lipinski definition) is 4. The minimum atomic E-state index is -0.260. The largest absolute Gasteiger partial charge is 0.338 e. The molecule has 0 aliphatic heterocycles. The topological polar surface area (TPSA) is 101 Å². The first-order valence-corrected chi connectivity index (χ1v) is 7.97. The van der Waals surface area contributed by atoms with Crippen molar-refractivity contribution in [3.05, 3.63) is 35.2 Å². The molecule has 3 aromatic rings. The number of urea groups is 1. The molecule has 2 amide bonds. The maximum Gasteiger partial charge on any atom is 0.319 e. The Labute approximate surface area is 139 Å². The van der Waals surface area contributed by atoms with E-state index in [1.54, 1.807) is 6.07 Å². The van der Waals surface area contributed by atoms with Gasteiger partial charge in [0, 0.05) is 18.8 Å². The van der Waals surface area contributed by atoms with Gasteiger partial charge in [0.2, 0.25) is 0 Å². The summed E-state index contributed by atoms with van der Waals surface area (Å²) in [6.07, 6.45) is 0.749. The van der Waals surface area contributed by atoms with Crippen molar-refractivity contribution >= 4 is 22.8 Å². The van der Waals surface area contributed by atoms with Crippen molar-refractivity contribution in [2.75, 3.05) is 11.9 Å². The number of nitrogens with zero attached hydrogens (tertiary/aromatic N) is 4.